The molecule has 0 radical (unpaired) electrons. The summed E-state index contributed by atoms with van der Waals surface area (Å²) in [6.07, 6.45) is 0. The highest BCUT2D eigenvalue weighted by Crippen LogP contribution is 2.42. The highest BCUT2D eigenvalue weighted by molar-refractivity contribution is 6.13. The molecule has 5 heteroatoms. The molecule has 0 spiro atoms. The molecule has 0 unspecified atom stereocenters. The van der Waals surface area contributed by atoms with Gasteiger partial charge in [0.15, 0.2) is 5.69 Å². The molecule has 0 atom stereocenters. The first-order valence-corrected chi connectivity index (χ1v) is 18.3. The van der Waals surface area contributed by atoms with E-state index in [1.165, 1.54) is 10.8 Å². The lowest BCUT2D eigenvalue weighted by Crippen LogP contribution is -1.99. The van der Waals surface area contributed by atoms with Crippen LogP contribution in [0.4, 0.5) is 5.69 Å². The molecule has 11 rings (SSSR count). The third kappa shape index (κ3) is 4.39. The molecule has 0 amide bonds. The topological polar surface area (TPSA) is 42.9 Å². The number of nitrogens with zero attached hydrogens (tertiary/aromatic N) is 5. The third-order valence-corrected chi connectivity index (χ3v) is 11.1. The Morgan fingerprint density at radius 2 is 0.927 bits per heavy atom. The van der Waals surface area contributed by atoms with Gasteiger partial charge < -0.3 is 13.7 Å². The van der Waals surface area contributed by atoms with Gasteiger partial charge in [0.2, 0.25) is 0 Å². The van der Waals surface area contributed by atoms with Crippen molar-refractivity contribution in [3.8, 4) is 34.3 Å². The summed E-state index contributed by atoms with van der Waals surface area (Å²) in [5, 5.41) is 16.8. The number of benzene rings is 8. The van der Waals surface area contributed by atoms with Gasteiger partial charge in [-0.25, -0.2) is 4.85 Å². The molecule has 0 N–H and O–H groups in total. The van der Waals surface area contributed by atoms with E-state index < -0.39 is 0 Å². The van der Waals surface area contributed by atoms with Gasteiger partial charge in [-0.3, -0.25) is 0 Å². The molecule has 0 aliphatic heterocycles. The third-order valence-electron chi connectivity index (χ3n) is 11.1. The lowest BCUT2D eigenvalue weighted by molar-refractivity contribution is 1.15. The van der Waals surface area contributed by atoms with E-state index in [0.717, 1.165) is 82.8 Å². The van der Waals surface area contributed by atoms with E-state index in [1.807, 2.05) is 42.5 Å². The lowest BCUT2D eigenvalue weighted by Gasteiger charge is -2.16. The molecule has 3 aromatic heterocycles. The van der Waals surface area contributed by atoms with Crippen LogP contribution in [-0.2, 0) is 0 Å². The van der Waals surface area contributed by atoms with Gasteiger partial charge in [0, 0.05) is 43.7 Å². The fourth-order valence-electron chi connectivity index (χ4n) is 8.82. The van der Waals surface area contributed by atoms with Crippen molar-refractivity contribution in [3.63, 3.8) is 0 Å². The smallest absolute Gasteiger partial charge is 0.197 e. The zero-order valence-electron chi connectivity index (χ0n) is 29.5. The second kappa shape index (κ2) is 11.8. The Morgan fingerprint density at radius 1 is 0.418 bits per heavy atom. The number of para-hydroxylation sites is 5. The van der Waals surface area contributed by atoms with Gasteiger partial charge in [-0.05, 0) is 77.9 Å². The van der Waals surface area contributed by atoms with E-state index in [9.17, 15) is 5.26 Å². The molecule has 5 nitrogen and oxygen atoms in total. The van der Waals surface area contributed by atoms with Gasteiger partial charge >= 0.3 is 0 Å². The average Bonchev–Trinajstić information content (AvgIpc) is 3.89. The van der Waals surface area contributed by atoms with Crippen LogP contribution < -0.4 is 0 Å². The molecule has 0 fully saturated rings. The minimum Gasteiger partial charge on any atom is -0.310 e. The van der Waals surface area contributed by atoms with E-state index in [0.29, 0.717) is 11.3 Å². The average molecular weight is 700 g/mol. The van der Waals surface area contributed by atoms with Gasteiger partial charge in [-0.1, -0.05) is 109 Å². The van der Waals surface area contributed by atoms with Crippen LogP contribution in [0.5, 0.6) is 0 Å². The maximum atomic E-state index is 10.1. The molecule has 11 aromatic rings. The van der Waals surface area contributed by atoms with Crippen LogP contribution in [0.3, 0.4) is 0 Å². The molecule has 0 saturated heterocycles. The van der Waals surface area contributed by atoms with E-state index in [4.69, 9.17) is 6.57 Å². The SMILES string of the molecule is [C-]#[N+]c1cc(-n2c3ccccc3c3ccc(-n4c5ccccc5c5ccccc54)cc32)ccc1-c1ccccc1-n1c2ccccc2c2c(C#N)cccc21. The summed E-state index contributed by atoms with van der Waals surface area (Å²) in [5.41, 5.74) is 12.4. The molecular formula is C50H29N5. The van der Waals surface area contributed by atoms with Crippen LogP contribution in [0, 0.1) is 17.9 Å². The highest BCUT2D eigenvalue weighted by Gasteiger charge is 2.21. The van der Waals surface area contributed by atoms with Crippen molar-refractivity contribution in [2.45, 2.75) is 0 Å². The Kier molecular flexibility index (Phi) is 6.61. The van der Waals surface area contributed by atoms with Crippen molar-refractivity contribution in [1.82, 2.24) is 13.7 Å². The fraction of sp³-hybridized carbons (Fsp3) is 0. The highest BCUT2D eigenvalue weighted by atomic mass is 15.0. The van der Waals surface area contributed by atoms with Gasteiger partial charge in [0.05, 0.1) is 57.0 Å². The van der Waals surface area contributed by atoms with E-state index in [-0.39, 0.29) is 0 Å². The van der Waals surface area contributed by atoms with Crippen molar-refractivity contribution in [3.05, 3.63) is 193 Å². The lowest BCUT2D eigenvalue weighted by atomic mass is 10.0. The number of fused-ring (bicyclic) bond motifs is 9. The maximum Gasteiger partial charge on any atom is 0.197 e. The van der Waals surface area contributed by atoms with Crippen LogP contribution in [0.2, 0.25) is 0 Å². The Labute approximate surface area is 316 Å². The van der Waals surface area contributed by atoms with Crippen molar-refractivity contribution in [1.29, 1.82) is 5.26 Å². The largest absolute Gasteiger partial charge is 0.310 e. The second-order valence-electron chi connectivity index (χ2n) is 13.9. The van der Waals surface area contributed by atoms with Gasteiger partial charge in [0.25, 0.3) is 0 Å². The van der Waals surface area contributed by atoms with Crippen LogP contribution in [0.1, 0.15) is 5.56 Å². The normalized spacial score (nSPS) is 11.6. The zero-order chi connectivity index (χ0) is 36.6. The van der Waals surface area contributed by atoms with E-state index >= 15 is 0 Å². The molecule has 55 heavy (non-hydrogen) atoms. The van der Waals surface area contributed by atoms with Gasteiger partial charge in [-0.15, -0.1) is 0 Å². The Bertz CT molecular complexity index is 3420. The summed E-state index contributed by atoms with van der Waals surface area (Å²) in [6, 6.07) is 63.4. The number of aromatic nitrogens is 3. The predicted molar refractivity (Wildman–Crippen MR) is 226 cm³/mol. The van der Waals surface area contributed by atoms with E-state index in [1.54, 1.807) is 0 Å². The van der Waals surface area contributed by atoms with Crippen LogP contribution in [0.15, 0.2) is 176 Å². The standard InChI is InChI=1S/C50H29N5/c1-52-42-29-33(25-27-35(42)36-14-2-10-22-46(36)55-47-23-11-6-18-41(47)50-32(31-51)13-12-24-48(50)55)54-45-21-9-5-17-39(45)40-28-26-34(30-49(40)54)53-43-19-7-3-15-37(43)38-16-4-8-20-44(38)53/h2-30H. The van der Waals surface area contributed by atoms with Crippen molar-refractivity contribution < 1.29 is 0 Å². The van der Waals surface area contributed by atoms with Crippen molar-refractivity contribution in [2.75, 3.05) is 0 Å². The first-order chi connectivity index (χ1) is 27.2. The van der Waals surface area contributed by atoms with Gasteiger partial charge in [0.1, 0.15) is 0 Å². The molecular weight excluding hydrogens is 671 g/mol. The molecule has 0 aliphatic rings. The molecule has 254 valence electrons. The minimum atomic E-state index is 0.563. The second-order valence-corrected chi connectivity index (χ2v) is 13.9. The van der Waals surface area contributed by atoms with Crippen LogP contribution in [-0.4, -0.2) is 13.7 Å². The minimum absolute atomic E-state index is 0.563. The summed E-state index contributed by atoms with van der Waals surface area (Å²) >= 11 is 0. The van der Waals surface area contributed by atoms with E-state index in [2.05, 4.69) is 158 Å². The Hall–Kier alpha value is -7.86. The summed E-state index contributed by atoms with van der Waals surface area (Å²) in [4.78, 5) is 4.16. The summed E-state index contributed by atoms with van der Waals surface area (Å²) < 4.78 is 6.87. The fourth-order valence-corrected chi connectivity index (χ4v) is 8.82. The van der Waals surface area contributed by atoms with Crippen molar-refractivity contribution >= 4 is 71.1 Å². The maximum absolute atomic E-state index is 10.1. The summed E-state index contributed by atoms with van der Waals surface area (Å²) in [6.45, 7) is 8.49. The number of hydrogen-bond donors (Lipinski definition) is 0. The molecule has 0 aliphatic carbocycles. The number of nitriles is 1. The summed E-state index contributed by atoms with van der Waals surface area (Å²) in [7, 11) is 0. The first kappa shape index (κ1) is 30.7. The summed E-state index contributed by atoms with van der Waals surface area (Å²) in [5.74, 6) is 0. The molecule has 0 saturated carbocycles. The predicted octanol–water partition coefficient (Wildman–Crippen LogP) is 13.1. The number of hydrogen-bond acceptors (Lipinski definition) is 1. The Balaban J connectivity index is 1.13. The zero-order valence-corrected chi connectivity index (χ0v) is 29.5. The monoisotopic (exact) mass is 699 g/mol. The molecule has 0 bridgehead atoms. The van der Waals surface area contributed by atoms with Gasteiger partial charge in [-0.2, -0.15) is 5.26 Å². The van der Waals surface area contributed by atoms with Crippen LogP contribution in [0.25, 0.3) is 98.5 Å². The number of rotatable bonds is 4. The molecule has 8 aromatic carbocycles. The van der Waals surface area contributed by atoms with Crippen LogP contribution >= 0.6 is 0 Å². The Morgan fingerprint density at radius 3 is 1.58 bits per heavy atom. The quantitative estimate of drug-likeness (QED) is 0.169. The molecule has 3 heterocycles. The van der Waals surface area contributed by atoms with Crippen molar-refractivity contribution in [2.24, 2.45) is 0 Å². The first-order valence-electron chi connectivity index (χ1n) is 18.3.